The summed E-state index contributed by atoms with van der Waals surface area (Å²) in [7, 11) is 3.43. The Labute approximate surface area is 116 Å². The van der Waals surface area contributed by atoms with Crippen molar-refractivity contribution in [1.82, 2.24) is 5.43 Å². The van der Waals surface area contributed by atoms with Gasteiger partial charge >= 0.3 is 0 Å². The third kappa shape index (κ3) is 3.93. The number of ether oxygens (including phenoxy) is 2. The molecule has 1 aromatic rings. The summed E-state index contributed by atoms with van der Waals surface area (Å²) >= 11 is 0. The summed E-state index contributed by atoms with van der Waals surface area (Å²) in [5.74, 6) is 7.07. The van der Waals surface area contributed by atoms with Gasteiger partial charge in [-0.15, -0.1) is 0 Å². The maximum absolute atomic E-state index is 5.71. The molecule has 2 atom stereocenters. The Balaban J connectivity index is 3.01. The molecule has 19 heavy (non-hydrogen) atoms. The van der Waals surface area contributed by atoms with E-state index in [-0.39, 0.29) is 6.04 Å². The first-order valence-electron chi connectivity index (χ1n) is 6.64. The lowest BCUT2D eigenvalue weighted by molar-refractivity contribution is 0.149. The first-order chi connectivity index (χ1) is 9.04. The molecule has 4 heteroatoms. The lowest BCUT2D eigenvalue weighted by atomic mass is 9.93. The second-order valence-corrected chi connectivity index (χ2v) is 5.15. The van der Waals surface area contributed by atoms with E-state index in [0.29, 0.717) is 5.92 Å². The first kappa shape index (κ1) is 16.0. The maximum Gasteiger partial charge on any atom is 0.126 e. The van der Waals surface area contributed by atoms with Crippen molar-refractivity contribution < 1.29 is 9.47 Å². The van der Waals surface area contributed by atoms with Crippen LogP contribution in [0, 0.1) is 19.8 Å². The van der Waals surface area contributed by atoms with Crippen molar-refractivity contribution in [3.8, 4) is 5.75 Å². The summed E-state index contributed by atoms with van der Waals surface area (Å²) in [5, 5.41) is 0. The average molecular weight is 266 g/mol. The van der Waals surface area contributed by atoms with E-state index in [1.54, 1.807) is 14.2 Å². The molecular weight excluding hydrogens is 240 g/mol. The van der Waals surface area contributed by atoms with Gasteiger partial charge in [0.1, 0.15) is 5.75 Å². The summed E-state index contributed by atoms with van der Waals surface area (Å²) in [6.45, 7) is 7.04. The molecule has 0 aliphatic rings. The van der Waals surface area contributed by atoms with Crippen LogP contribution in [0.4, 0.5) is 0 Å². The number of benzene rings is 1. The predicted octanol–water partition coefficient (Wildman–Crippen LogP) is 2.49. The van der Waals surface area contributed by atoms with Gasteiger partial charge in [-0.3, -0.25) is 11.3 Å². The van der Waals surface area contributed by atoms with Gasteiger partial charge in [-0.1, -0.05) is 19.1 Å². The van der Waals surface area contributed by atoms with Crippen LogP contribution in [0.2, 0.25) is 0 Å². The van der Waals surface area contributed by atoms with Gasteiger partial charge in [0.2, 0.25) is 0 Å². The Hall–Kier alpha value is -1.10. The second kappa shape index (κ2) is 7.48. The second-order valence-electron chi connectivity index (χ2n) is 5.15. The van der Waals surface area contributed by atoms with Crippen molar-refractivity contribution in [1.29, 1.82) is 0 Å². The molecule has 0 fully saturated rings. The SMILES string of the molecule is COCC(C)CC(NN)c1ccc(C)c(C)c1OC. The van der Waals surface area contributed by atoms with Crippen molar-refractivity contribution in [3.05, 3.63) is 28.8 Å². The zero-order valence-corrected chi connectivity index (χ0v) is 12.6. The van der Waals surface area contributed by atoms with Crippen molar-refractivity contribution in [3.63, 3.8) is 0 Å². The van der Waals surface area contributed by atoms with Crippen LogP contribution in [0.5, 0.6) is 5.75 Å². The number of rotatable bonds is 7. The molecule has 0 aliphatic carbocycles. The summed E-state index contributed by atoms with van der Waals surface area (Å²) < 4.78 is 10.7. The van der Waals surface area contributed by atoms with Gasteiger partial charge < -0.3 is 9.47 Å². The predicted molar refractivity (Wildman–Crippen MR) is 78.2 cm³/mol. The van der Waals surface area contributed by atoms with Crippen LogP contribution < -0.4 is 16.0 Å². The van der Waals surface area contributed by atoms with E-state index in [1.165, 1.54) is 11.1 Å². The van der Waals surface area contributed by atoms with Crippen molar-refractivity contribution >= 4 is 0 Å². The van der Waals surface area contributed by atoms with E-state index in [0.717, 1.165) is 24.3 Å². The van der Waals surface area contributed by atoms with E-state index in [9.17, 15) is 0 Å². The molecule has 0 bridgehead atoms. The number of hydrogen-bond donors (Lipinski definition) is 2. The van der Waals surface area contributed by atoms with Gasteiger partial charge in [0.05, 0.1) is 7.11 Å². The van der Waals surface area contributed by atoms with Gasteiger partial charge in [0.25, 0.3) is 0 Å². The first-order valence-corrected chi connectivity index (χ1v) is 6.64. The molecule has 0 amide bonds. The molecule has 0 saturated heterocycles. The molecular formula is C15H26N2O2. The van der Waals surface area contributed by atoms with Gasteiger partial charge in [0.15, 0.2) is 0 Å². The summed E-state index contributed by atoms with van der Waals surface area (Å²) in [5.41, 5.74) is 6.39. The Kier molecular flexibility index (Phi) is 6.28. The van der Waals surface area contributed by atoms with E-state index in [4.69, 9.17) is 15.3 Å². The molecule has 0 saturated carbocycles. The average Bonchev–Trinajstić information content (AvgIpc) is 2.39. The fraction of sp³-hybridized carbons (Fsp3) is 0.600. The third-order valence-electron chi connectivity index (χ3n) is 3.58. The van der Waals surface area contributed by atoms with E-state index >= 15 is 0 Å². The minimum Gasteiger partial charge on any atom is -0.496 e. The quantitative estimate of drug-likeness (QED) is 0.588. The number of aryl methyl sites for hydroxylation is 1. The van der Waals surface area contributed by atoms with Gasteiger partial charge in [-0.05, 0) is 37.3 Å². The van der Waals surface area contributed by atoms with Crippen LogP contribution in [-0.2, 0) is 4.74 Å². The standard InChI is InChI=1S/C15H26N2O2/c1-10(9-18-4)8-14(17-16)13-7-6-11(2)12(3)15(13)19-5/h6-7,10,14,17H,8-9,16H2,1-5H3. The number of hydrazine groups is 1. The lowest BCUT2D eigenvalue weighted by Gasteiger charge is -2.23. The molecule has 3 N–H and O–H groups in total. The molecule has 0 aliphatic heterocycles. The highest BCUT2D eigenvalue weighted by molar-refractivity contribution is 5.46. The number of methoxy groups -OCH3 is 2. The number of nitrogens with one attached hydrogen (secondary N) is 1. The topological polar surface area (TPSA) is 56.5 Å². The summed E-state index contributed by atoms with van der Waals surface area (Å²) in [6.07, 6.45) is 0.906. The van der Waals surface area contributed by atoms with E-state index in [2.05, 4.69) is 38.3 Å². The smallest absolute Gasteiger partial charge is 0.126 e. The Morgan fingerprint density at radius 2 is 1.95 bits per heavy atom. The third-order valence-corrected chi connectivity index (χ3v) is 3.58. The zero-order valence-electron chi connectivity index (χ0n) is 12.6. The minimum atomic E-state index is 0.0689. The molecule has 0 radical (unpaired) electrons. The van der Waals surface area contributed by atoms with Gasteiger partial charge in [-0.25, -0.2) is 0 Å². The molecule has 2 unspecified atom stereocenters. The van der Waals surface area contributed by atoms with Gasteiger partial charge in [-0.2, -0.15) is 0 Å². The molecule has 0 heterocycles. The zero-order chi connectivity index (χ0) is 14.4. The monoisotopic (exact) mass is 266 g/mol. The molecule has 1 aromatic carbocycles. The van der Waals surface area contributed by atoms with Crippen LogP contribution in [0.3, 0.4) is 0 Å². The fourth-order valence-electron chi connectivity index (χ4n) is 2.40. The van der Waals surface area contributed by atoms with Crippen LogP contribution in [0.15, 0.2) is 12.1 Å². The number of nitrogens with two attached hydrogens (primary N) is 1. The van der Waals surface area contributed by atoms with Crippen molar-refractivity contribution in [2.45, 2.75) is 33.2 Å². The van der Waals surface area contributed by atoms with Crippen molar-refractivity contribution in [2.24, 2.45) is 11.8 Å². The highest BCUT2D eigenvalue weighted by atomic mass is 16.5. The Morgan fingerprint density at radius 3 is 2.47 bits per heavy atom. The Bertz CT molecular complexity index is 407. The van der Waals surface area contributed by atoms with Crippen LogP contribution >= 0.6 is 0 Å². The molecule has 1 rings (SSSR count). The molecule has 108 valence electrons. The summed E-state index contributed by atoms with van der Waals surface area (Å²) in [4.78, 5) is 0. The molecule has 4 nitrogen and oxygen atoms in total. The van der Waals surface area contributed by atoms with Crippen molar-refractivity contribution in [2.75, 3.05) is 20.8 Å². The van der Waals surface area contributed by atoms with E-state index in [1.807, 2.05) is 0 Å². The van der Waals surface area contributed by atoms with Crippen LogP contribution in [0.25, 0.3) is 0 Å². The Morgan fingerprint density at radius 1 is 1.26 bits per heavy atom. The number of hydrogen-bond acceptors (Lipinski definition) is 4. The lowest BCUT2D eigenvalue weighted by Crippen LogP contribution is -2.30. The molecule has 0 aromatic heterocycles. The summed E-state index contributed by atoms with van der Waals surface area (Å²) in [6, 6.07) is 4.27. The van der Waals surface area contributed by atoms with E-state index < -0.39 is 0 Å². The molecule has 0 spiro atoms. The highest BCUT2D eigenvalue weighted by Crippen LogP contribution is 2.33. The normalized spacial score (nSPS) is 14.2. The fourth-order valence-corrected chi connectivity index (χ4v) is 2.40. The van der Waals surface area contributed by atoms with Crippen LogP contribution in [0.1, 0.15) is 36.1 Å². The van der Waals surface area contributed by atoms with Crippen LogP contribution in [-0.4, -0.2) is 20.8 Å². The highest BCUT2D eigenvalue weighted by Gasteiger charge is 2.19. The largest absolute Gasteiger partial charge is 0.496 e. The minimum absolute atomic E-state index is 0.0689. The maximum atomic E-state index is 5.71. The van der Waals surface area contributed by atoms with Gasteiger partial charge in [0, 0.05) is 25.3 Å².